The molecule has 1 saturated heterocycles. The first-order valence-corrected chi connectivity index (χ1v) is 10.9. The van der Waals surface area contributed by atoms with Crippen molar-refractivity contribution in [3.8, 4) is 0 Å². The van der Waals surface area contributed by atoms with Gasteiger partial charge < -0.3 is 49.6 Å². The van der Waals surface area contributed by atoms with Gasteiger partial charge in [-0.1, -0.05) is 30.3 Å². The Morgan fingerprint density at radius 3 is 2.53 bits per heavy atom. The van der Waals surface area contributed by atoms with Gasteiger partial charge in [0.15, 0.2) is 6.29 Å². The Hall–Kier alpha value is -2.35. The molecule has 0 spiro atoms. The van der Waals surface area contributed by atoms with Crippen LogP contribution in [0, 0.1) is 5.92 Å². The van der Waals surface area contributed by atoms with Gasteiger partial charge in [-0.25, -0.2) is 4.79 Å². The minimum Gasteiger partial charge on any atom is -0.472 e. The number of fused-ring (bicyclic) bond motifs is 1. The Balaban J connectivity index is 1.50. The van der Waals surface area contributed by atoms with E-state index in [2.05, 4.69) is 0 Å². The van der Waals surface area contributed by atoms with Crippen molar-refractivity contribution in [1.29, 1.82) is 0 Å². The van der Waals surface area contributed by atoms with Gasteiger partial charge in [0, 0.05) is 12.5 Å². The number of esters is 1. The molecular formula is C23H28O11. The van der Waals surface area contributed by atoms with Crippen molar-refractivity contribution in [1.82, 2.24) is 0 Å². The fraction of sp³-hybridized carbons (Fsp3) is 0.522. The Morgan fingerprint density at radius 2 is 1.82 bits per heavy atom. The van der Waals surface area contributed by atoms with Crippen LogP contribution in [0.15, 0.2) is 48.7 Å². The van der Waals surface area contributed by atoms with Crippen molar-refractivity contribution in [3.05, 3.63) is 54.3 Å². The lowest BCUT2D eigenvalue weighted by Crippen LogP contribution is -2.61. The van der Waals surface area contributed by atoms with Gasteiger partial charge in [-0.2, -0.15) is 0 Å². The van der Waals surface area contributed by atoms with Crippen LogP contribution in [0.25, 0.3) is 6.08 Å². The van der Waals surface area contributed by atoms with E-state index in [0.717, 1.165) is 11.8 Å². The summed E-state index contributed by atoms with van der Waals surface area (Å²) in [5, 5.41) is 61.2. The minimum absolute atomic E-state index is 0.117. The zero-order valence-corrected chi connectivity index (χ0v) is 18.0. The molecule has 4 rings (SSSR count). The molecule has 1 aromatic carbocycles. The van der Waals surface area contributed by atoms with E-state index in [-0.39, 0.29) is 6.42 Å². The number of benzene rings is 1. The Kier molecular flexibility index (Phi) is 7.36. The first-order valence-electron chi connectivity index (χ1n) is 10.9. The number of carbonyl (C=O) groups excluding carboxylic acids is 1. The third-order valence-electron chi connectivity index (χ3n) is 6.36. The molecule has 34 heavy (non-hydrogen) atoms. The minimum atomic E-state index is -1.87. The molecule has 2 fully saturated rings. The number of aliphatic hydroxyl groups excluding tert-OH is 5. The van der Waals surface area contributed by atoms with Crippen molar-refractivity contribution < 1.29 is 54.4 Å². The maximum absolute atomic E-state index is 12.4. The predicted octanol–water partition coefficient (Wildman–Crippen LogP) is -1.59. The molecule has 0 radical (unpaired) electrons. The van der Waals surface area contributed by atoms with Gasteiger partial charge in [-0.3, -0.25) is 0 Å². The van der Waals surface area contributed by atoms with E-state index < -0.39 is 73.3 Å². The topological polar surface area (TPSA) is 175 Å². The van der Waals surface area contributed by atoms with E-state index in [1.54, 1.807) is 18.2 Å². The molecule has 3 aliphatic rings. The lowest BCUT2D eigenvalue weighted by atomic mass is 9.86. The molecular weight excluding hydrogens is 452 g/mol. The van der Waals surface area contributed by atoms with Gasteiger partial charge in [0.25, 0.3) is 0 Å². The van der Waals surface area contributed by atoms with E-state index in [0.29, 0.717) is 0 Å². The molecule has 0 aromatic heterocycles. The monoisotopic (exact) mass is 480 g/mol. The number of hydrogen-bond acceptors (Lipinski definition) is 11. The van der Waals surface area contributed by atoms with Crippen LogP contribution < -0.4 is 0 Å². The normalized spacial score (nSPS) is 41.8. The van der Waals surface area contributed by atoms with Crippen LogP contribution in [0.3, 0.4) is 0 Å². The Morgan fingerprint density at radius 1 is 1.09 bits per heavy atom. The highest BCUT2D eigenvalue weighted by molar-refractivity contribution is 5.87. The number of rotatable bonds is 6. The Bertz CT molecular complexity index is 903. The van der Waals surface area contributed by atoms with E-state index >= 15 is 0 Å². The van der Waals surface area contributed by atoms with Gasteiger partial charge >= 0.3 is 5.97 Å². The summed E-state index contributed by atoms with van der Waals surface area (Å²) in [6, 6.07) is 9.05. The van der Waals surface area contributed by atoms with Crippen LogP contribution in [0.2, 0.25) is 0 Å². The van der Waals surface area contributed by atoms with E-state index in [4.69, 9.17) is 18.9 Å². The second-order valence-corrected chi connectivity index (χ2v) is 8.52. The van der Waals surface area contributed by atoms with Crippen molar-refractivity contribution in [2.45, 2.75) is 61.2 Å². The summed E-state index contributed by atoms with van der Waals surface area (Å²) in [7, 11) is 0. The fourth-order valence-corrected chi connectivity index (χ4v) is 4.47. The molecule has 0 amide bonds. The van der Waals surface area contributed by atoms with Crippen molar-refractivity contribution in [2.24, 2.45) is 5.92 Å². The highest BCUT2D eigenvalue weighted by atomic mass is 16.8. The van der Waals surface area contributed by atoms with E-state index in [1.807, 2.05) is 18.2 Å². The first-order chi connectivity index (χ1) is 16.2. The number of ether oxygens (including phenoxy) is 4. The first kappa shape index (κ1) is 24.8. The molecule has 1 aromatic rings. The molecule has 6 N–H and O–H groups in total. The van der Waals surface area contributed by atoms with Gasteiger partial charge in [0.2, 0.25) is 6.29 Å². The van der Waals surface area contributed by atoms with E-state index in [9.17, 15) is 35.4 Å². The van der Waals surface area contributed by atoms with Crippen LogP contribution in [0.4, 0.5) is 0 Å². The zero-order valence-electron chi connectivity index (χ0n) is 18.0. The largest absolute Gasteiger partial charge is 0.472 e. The van der Waals surface area contributed by atoms with Crippen LogP contribution in [0.1, 0.15) is 12.0 Å². The highest BCUT2D eigenvalue weighted by Gasteiger charge is 2.61. The molecule has 2 heterocycles. The molecule has 10 atom stereocenters. The van der Waals surface area contributed by atoms with Gasteiger partial charge in [0.05, 0.1) is 24.9 Å². The SMILES string of the molecule is O=C(/C=C/c1ccccc1)O[C@H]1C[C@@H](O)[C@]2(O)C=CO[C@@H](O[C@@H]3O[C@H](CO)[C@@H](O)[C@H](O)[C@H]3O)C12. The van der Waals surface area contributed by atoms with Crippen molar-refractivity contribution in [3.63, 3.8) is 0 Å². The summed E-state index contributed by atoms with van der Waals surface area (Å²) in [6.45, 7) is -0.656. The summed E-state index contributed by atoms with van der Waals surface area (Å²) in [6.07, 6.45) is -6.47. The second kappa shape index (κ2) is 10.1. The average molecular weight is 480 g/mol. The molecule has 2 aliphatic heterocycles. The summed E-state index contributed by atoms with van der Waals surface area (Å²) < 4.78 is 21.9. The summed E-state index contributed by atoms with van der Waals surface area (Å²) in [5.74, 6) is -1.83. The zero-order chi connectivity index (χ0) is 24.5. The van der Waals surface area contributed by atoms with Gasteiger partial charge in [-0.05, 0) is 17.7 Å². The van der Waals surface area contributed by atoms with E-state index in [1.165, 1.54) is 12.2 Å². The molecule has 0 bridgehead atoms. The summed E-state index contributed by atoms with van der Waals surface area (Å²) >= 11 is 0. The summed E-state index contributed by atoms with van der Waals surface area (Å²) in [5.41, 5.74) is -1.10. The highest BCUT2D eigenvalue weighted by Crippen LogP contribution is 2.45. The van der Waals surface area contributed by atoms with Crippen LogP contribution in [-0.4, -0.2) is 98.0 Å². The second-order valence-electron chi connectivity index (χ2n) is 8.52. The third-order valence-corrected chi connectivity index (χ3v) is 6.36. The van der Waals surface area contributed by atoms with Gasteiger partial charge in [0.1, 0.15) is 36.1 Å². The van der Waals surface area contributed by atoms with Crippen molar-refractivity contribution >= 4 is 12.0 Å². The smallest absolute Gasteiger partial charge is 0.331 e. The summed E-state index contributed by atoms with van der Waals surface area (Å²) in [4.78, 5) is 12.4. The van der Waals surface area contributed by atoms with Crippen LogP contribution in [0.5, 0.6) is 0 Å². The molecule has 1 saturated carbocycles. The predicted molar refractivity (Wildman–Crippen MR) is 113 cm³/mol. The molecule has 11 nitrogen and oxygen atoms in total. The quantitative estimate of drug-likeness (QED) is 0.204. The average Bonchev–Trinajstić information content (AvgIpc) is 3.08. The van der Waals surface area contributed by atoms with Crippen LogP contribution >= 0.6 is 0 Å². The molecule has 1 aliphatic carbocycles. The van der Waals surface area contributed by atoms with Crippen LogP contribution in [-0.2, 0) is 23.7 Å². The molecule has 11 heteroatoms. The Labute approximate surface area is 195 Å². The maximum atomic E-state index is 12.4. The van der Waals surface area contributed by atoms with Crippen molar-refractivity contribution in [2.75, 3.05) is 6.61 Å². The lowest BCUT2D eigenvalue weighted by molar-refractivity contribution is -0.348. The third kappa shape index (κ3) is 4.74. The molecule has 1 unspecified atom stereocenters. The number of carbonyl (C=O) groups is 1. The number of aliphatic hydroxyl groups is 6. The maximum Gasteiger partial charge on any atom is 0.331 e. The lowest BCUT2D eigenvalue weighted by Gasteiger charge is -2.44. The standard InChI is InChI=1S/C23H28O11/c24-11-14-18(27)19(28)20(29)22(33-14)34-21-17-13(10-15(25)23(17,30)8-9-31-21)32-16(26)7-6-12-4-2-1-3-5-12/h1-9,13-15,17-22,24-25,27-30H,10-11H2/b7-6+/t13-,14+,15+,17?,18+,19-,20+,21-,22-,23+/m0/s1. The van der Waals surface area contributed by atoms with Gasteiger partial charge in [-0.15, -0.1) is 0 Å². The fourth-order valence-electron chi connectivity index (χ4n) is 4.47. The molecule has 186 valence electrons. The number of hydrogen-bond donors (Lipinski definition) is 6.